The van der Waals surface area contributed by atoms with E-state index in [4.69, 9.17) is 38.0 Å². The second-order valence-electron chi connectivity index (χ2n) is 7.70. The van der Waals surface area contributed by atoms with Crippen molar-refractivity contribution in [2.75, 3.05) is 32.2 Å². The van der Waals surface area contributed by atoms with E-state index in [2.05, 4.69) is 26.7 Å². The second kappa shape index (κ2) is 10.8. The monoisotopic (exact) mass is 484 g/mol. The minimum atomic E-state index is -0.133. The molecule has 2 aromatic carbocycles. The van der Waals surface area contributed by atoms with Gasteiger partial charge in [-0.15, -0.1) is 0 Å². The number of aromatic nitrogens is 2. The third-order valence-electron chi connectivity index (χ3n) is 5.55. The van der Waals surface area contributed by atoms with Gasteiger partial charge in [0, 0.05) is 30.2 Å². The number of hydrogen-bond acceptors (Lipinski definition) is 6. The van der Waals surface area contributed by atoms with Crippen LogP contribution in [-0.4, -0.2) is 41.9 Å². The molecular formula is C24H25ClN4O3S. The highest BCUT2D eigenvalue weighted by molar-refractivity contribution is 7.80. The highest BCUT2D eigenvalue weighted by Gasteiger charge is 2.34. The minimum absolute atomic E-state index is 0.133. The lowest BCUT2D eigenvalue weighted by Gasteiger charge is -2.38. The van der Waals surface area contributed by atoms with Crippen LogP contribution in [0.3, 0.4) is 0 Å². The zero-order valence-corrected chi connectivity index (χ0v) is 19.8. The third kappa shape index (κ3) is 6.10. The molecule has 0 atom stereocenters. The highest BCUT2D eigenvalue weighted by atomic mass is 35.5. The van der Waals surface area contributed by atoms with Crippen LogP contribution in [0.4, 0.5) is 5.95 Å². The number of nitrogens with one attached hydrogen (secondary N) is 2. The number of anilines is 1. The average molecular weight is 485 g/mol. The van der Waals surface area contributed by atoms with Crippen molar-refractivity contribution in [2.24, 2.45) is 0 Å². The second-order valence-corrected chi connectivity index (χ2v) is 8.54. The predicted molar refractivity (Wildman–Crippen MR) is 133 cm³/mol. The molecule has 2 N–H and O–H groups in total. The van der Waals surface area contributed by atoms with Gasteiger partial charge in [-0.3, -0.25) is 0 Å². The van der Waals surface area contributed by atoms with Crippen molar-refractivity contribution in [3.8, 4) is 17.5 Å². The maximum Gasteiger partial charge on any atom is 0.235 e. The molecule has 0 spiro atoms. The molecule has 3 aromatic rings. The van der Waals surface area contributed by atoms with Gasteiger partial charge in [-0.2, -0.15) is 9.97 Å². The standard InChI is InChI=1S/C24H25ClN4O3S/c1-30-20-15-21(32-19-8-3-2-4-9-19)28-22(27-20)29-23(33)26-16-24(10-12-31-13-11-24)17-6-5-7-18(25)14-17/h2-9,14-15H,10-13,16H2,1H3,(H2,26,27,28,29,33). The summed E-state index contributed by atoms with van der Waals surface area (Å²) in [6.45, 7) is 2.00. The molecule has 9 heteroatoms. The Hall–Kier alpha value is -2.94. The van der Waals surface area contributed by atoms with Gasteiger partial charge in [0.2, 0.25) is 17.7 Å². The smallest absolute Gasteiger partial charge is 0.235 e. The minimum Gasteiger partial charge on any atom is -0.481 e. The van der Waals surface area contributed by atoms with E-state index >= 15 is 0 Å². The molecule has 0 aliphatic carbocycles. The Morgan fingerprint density at radius 2 is 1.82 bits per heavy atom. The number of ether oxygens (including phenoxy) is 3. The predicted octanol–water partition coefficient (Wildman–Crippen LogP) is 4.97. The zero-order valence-electron chi connectivity index (χ0n) is 18.2. The van der Waals surface area contributed by atoms with Crippen LogP contribution in [-0.2, 0) is 10.2 Å². The van der Waals surface area contributed by atoms with E-state index in [9.17, 15) is 0 Å². The molecule has 1 aliphatic rings. The maximum absolute atomic E-state index is 6.27. The van der Waals surface area contributed by atoms with E-state index in [0.717, 1.165) is 17.9 Å². The van der Waals surface area contributed by atoms with Crippen LogP contribution in [0.1, 0.15) is 18.4 Å². The largest absolute Gasteiger partial charge is 0.481 e. The van der Waals surface area contributed by atoms with E-state index in [-0.39, 0.29) is 11.4 Å². The normalized spacial score (nSPS) is 14.8. The number of thiocarbonyl (C=S) groups is 1. The van der Waals surface area contributed by atoms with Gasteiger partial charge in [0.05, 0.1) is 13.2 Å². The molecule has 2 heterocycles. The first-order valence-corrected chi connectivity index (χ1v) is 11.4. The van der Waals surface area contributed by atoms with Crippen molar-refractivity contribution in [1.82, 2.24) is 15.3 Å². The van der Waals surface area contributed by atoms with Gasteiger partial charge >= 0.3 is 0 Å². The summed E-state index contributed by atoms with van der Waals surface area (Å²) >= 11 is 11.8. The molecular weight excluding hydrogens is 460 g/mol. The average Bonchev–Trinajstić information content (AvgIpc) is 2.84. The number of nitrogens with zero attached hydrogens (tertiary/aromatic N) is 2. The molecule has 0 radical (unpaired) electrons. The summed E-state index contributed by atoms with van der Waals surface area (Å²) in [5, 5.41) is 7.49. The Bertz CT molecular complexity index is 1090. The van der Waals surface area contributed by atoms with Crippen LogP contribution in [0, 0.1) is 0 Å². The highest BCUT2D eigenvalue weighted by Crippen LogP contribution is 2.35. The third-order valence-corrected chi connectivity index (χ3v) is 6.03. The lowest BCUT2D eigenvalue weighted by molar-refractivity contribution is 0.0515. The molecule has 1 aromatic heterocycles. The van der Waals surface area contributed by atoms with Crippen molar-refractivity contribution in [2.45, 2.75) is 18.3 Å². The fraction of sp³-hybridized carbons (Fsp3) is 0.292. The van der Waals surface area contributed by atoms with Gasteiger partial charge in [-0.05, 0) is 54.9 Å². The molecule has 0 unspecified atom stereocenters. The van der Waals surface area contributed by atoms with Crippen molar-refractivity contribution in [3.63, 3.8) is 0 Å². The number of methoxy groups -OCH3 is 1. The topological polar surface area (TPSA) is 77.5 Å². The molecule has 0 amide bonds. The van der Waals surface area contributed by atoms with Crippen LogP contribution in [0.2, 0.25) is 5.02 Å². The van der Waals surface area contributed by atoms with Crippen molar-refractivity contribution < 1.29 is 14.2 Å². The number of rotatable bonds is 7. The summed E-state index contributed by atoms with van der Waals surface area (Å²) in [4.78, 5) is 8.74. The quantitative estimate of drug-likeness (QED) is 0.455. The Morgan fingerprint density at radius 3 is 2.55 bits per heavy atom. The summed E-state index contributed by atoms with van der Waals surface area (Å²) < 4.78 is 16.7. The Kier molecular flexibility index (Phi) is 7.59. The number of para-hydroxylation sites is 1. The van der Waals surface area contributed by atoms with E-state index in [1.54, 1.807) is 6.07 Å². The number of halogens is 1. The van der Waals surface area contributed by atoms with Gasteiger partial charge < -0.3 is 24.8 Å². The summed E-state index contributed by atoms with van der Waals surface area (Å²) in [5.41, 5.74) is 1.04. The van der Waals surface area contributed by atoms with E-state index in [0.29, 0.717) is 42.4 Å². The summed E-state index contributed by atoms with van der Waals surface area (Å²) in [7, 11) is 1.54. The van der Waals surface area contributed by atoms with E-state index < -0.39 is 0 Å². The zero-order chi connectivity index (χ0) is 23.1. The van der Waals surface area contributed by atoms with Crippen molar-refractivity contribution >= 4 is 34.9 Å². The molecule has 33 heavy (non-hydrogen) atoms. The van der Waals surface area contributed by atoms with Crippen LogP contribution >= 0.6 is 23.8 Å². The summed E-state index contributed by atoms with van der Waals surface area (Å²) in [6.07, 6.45) is 1.74. The number of hydrogen-bond donors (Lipinski definition) is 2. The van der Waals surface area contributed by atoms with Crippen molar-refractivity contribution in [3.05, 3.63) is 71.2 Å². The van der Waals surface area contributed by atoms with E-state index in [1.165, 1.54) is 12.7 Å². The first-order chi connectivity index (χ1) is 16.1. The first-order valence-electron chi connectivity index (χ1n) is 10.6. The van der Waals surface area contributed by atoms with E-state index in [1.807, 2.05) is 48.5 Å². The lowest BCUT2D eigenvalue weighted by Crippen LogP contribution is -2.45. The van der Waals surface area contributed by atoms with Crippen molar-refractivity contribution in [1.29, 1.82) is 0 Å². The first kappa shape index (κ1) is 23.2. The van der Waals surface area contributed by atoms with Gasteiger partial charge in [0.1, 0.15) is 5.75 Å². The molecule has 172 valence electrons. The SMILES string of the molecule is COc1cc(Oc2ccccc2)nc(NC(=S)NCC2(c3cccc(Cl)c3)CCOCC2)n1. The summed E-state index contributed by atoms with van der Waals surface area (Å²) in [5.74, 6) is 1.65. The molecule has 1 fully saturated rings. The Labute approximate surface area is 203 Å². The van der Waals surface area contributed by atoms with Crippen LogP contribution in [0.15, 0.2) is 60.7 Å². The molecule has 1 aliphatic heterocycles. The molecule has 4 rings (SSSR count). The molecule has 1 saturated heterocycles. The van der Waals surface area contributed by atoms with Crippen LogP contribution in [0.5, 0.6) is 17.5 Å². The maximum atomic E-state index is 6.27. The summed E-state index contributed by atoms with van der Waals surface area (Å²) in [6, 6.07) is 19.0. The lowest BCUT2D eigenvalue weighted by atomic mass is 9.74. The fourth-order valence-corrected chi connectivity index (χ4v) is 4.12. The molecule has 0 bridgehead atoms. The Morgan fingerprint density at radius 1 is 1.06 bits per heavy atom. The van der Waals surface area contributed by atoms with Gasteiger partial charge in [0.25, 0.3) is 0 Å². The van der Waals surface area contributed by atoms with Gasteiger partial charge in [0.15, 0.2) is 5.11 Å². The van der Waals surface area contributed by atoms with Crippen LogP contribution < -0.4 is 20.1 Å². The van der Waals surface area contributed by atoms with Gasteiger partial charge in [-0.1, -0.05) is 41.9 Å². The fourth-order valence-electron chi connectivity index (χ4n) is 3.77. The molecule has 7 nitrogen and oxygen atoms in total. The number of benzene rings is 2. The molecule has 0 saturated carbocycles. The van der Waals surface area contributed by atoms with Crippen LogP contribution in [0.25, 0.3) is 0 Å². The Balaban J connectivity index is 1.46. The van der Waals surface area contributed by atoms with Gasteiger partial charge in [-0.25, -0.2) is 0 Å².